The first kappa shape index (κ1) is 20.6. The van der Waals surface area contributed by atoms with E-state index in [2.05, 4.69) is 5.32 Å². The van der Waals surface area contributed by atoms with Crippen LogP contribution in [0.15, 0.2) is 66.7 Å². The predicted molar refractivity (Wildman–Crippen MR) is 108 cm³/mol. The van der Waals surface area contributed by atoms with Crippen LogP contribution in [0.3, 0.4) is 0 Å². The van der Waals surface area contributed by atoms with Crippen LogP contribution in [0.2, 0.25) is 10.0 Å². The van der Waals surface area contributed by atoms with E-state index in [1.807, 2.05) is 0 Å². The third-order valence-corrected chi connectivity index (χ3v) is 4.59. The van der Waals surface area contributed by atoms with Crippen LogP contribution in [0.1, 0.15) is 17.2 Å². The lowest BCUT2D eigenvalue weighted by Gasteiger charge is -2.22. The number of benzene rings is 3. The highest BCUT2D eigenvalue weighted by Gasteiger charge is 2.21. The fourth-order valence-electron chi connectivity index (χ4n) is 2.62. The molecule has 148 valence electrons. The Labute approximate surface area is 175 Å². The van der Waals surface area contributed by atoms with Crippen LogP contribution < -0.4 is 10.1 Å². The molecule has 2 N–H and O–H groups in total. The highest BCUT2D eigenvalue weighted by molar-refractivity contribution is 6.36. The van der Waals surface area contributed by atoms with Gasteiger partial charge in [-0.25, -0.2) is 9.18 Å². The maximum absolute atomic E-state index is 14.6. The van der Waals surface area contributed by atoms with Gasteiger partial charge in [0.1, 0.15) is 0 Å². The van der Waals surface area contributed by atoms with Crippen molar-refractivity contribution in [3.8, 4) is 5.75 Å². The number of carbonyl (C=O) groups is 2. The second-order valence-corrected chi connectivity index (χ2v) is 6.82. The number of amides is 1. The second kappa shape index (κ2) is 8.94. The minimum atomic E-state index is -1.67. The lowest BCUT2D eigenvalue weighted by molar-refractivity contribution is -0.147. The number of halogens is 3. The van der Waals surface area contributed by atoms with Gasteiger partial charge in [0, 0.05) is 27.4 Å². The lowest BCUT2D eigenvalue weighted by Crippen LogP contribution is -2.21. The van der Waals surface area contributed by atoms with Gasteiger partial charge in [-0.1, -0.05) is 53.5 Å². The Kier molecular flexibility index (Phi) is 6.36. The zero-order valence-corrected chi connectivity index (χ0v) is 16.2. The molecule has 3 rings (SSSR count). The quantitative estimate of drug-likeness (QED) is 0.533. The molecule has 3 aromatic rings. The summed E-state index contributed by atoms with van der Waals surface area (Å²) in [6.07, 6.45) is -0.727. The number of carbonyl (C=O) groups excluding carboxylic acids is 1. The normalized spacial score (nSPS) is 11.6. The molecule has 0 radical (unpaired) electrons. The first-order valence-corrected chi connectivity index (χ1v) is 9.11. The Balaban J connectivity index is 1.94. The van der Waals surface area contributed by atoms with E-state index in [1.165, 1.54) is 12.1 Å². The van der Waals surface area contributed by atoms with Crippen molar-refractivity contribution in [2.24, 2.45) is 0 Å². The van der Waals surface area contributed by atoms with Crippen molar-refractivity contribution >= 4 is 40.8 Å². The molecule has 0 aliphatic rings. The summed E-state index contributed by atoms with van der Waals surface area (Å²) in [6, 6.07) is 17.5. The molecular weight excluding hydrogens is 420 g/mol. The second-order valence-electron chi connectivity index (χ2n) is 5.98. The van der Waals surface area contributed by atoms with E-state index >= 15 is 0 Å². The van der Waals surface area contributed by atoms with Gasteiger partial charge in [0.2, 0.25) is 0 Å². The molecule has 0 saturated carbocycles. The van der Waals surface area contributed by atoms with Crippen LogP contribution >= 0.6 is 23.2 Å². The topological polar surface area (TPSA) is 75.6 Å². The van der Waals surface area contributed by atoms with Gasteiger partial charge in [-0.2, -0.15) is 0 Å². The molecule has 1 unspecified atom stereocenters. The number of aliphatic carboxylic acids is 1. The van der Waals surface area contributed by atoms with Gasteiger partial charge >= 0.3 is 11.9 Å². The summed E-state index contributed by atoms with van der Waals surface area (Å²) in [6.45, 7) is 0. The van der Waals surface area contributed by atoms with Crippen molar-refractivity contribution in [3.63, 3.8) is 0 Å². The monoisotopic (exact) mass is 433 g/mol. The van der Waals surface area contributed by atoms with E-state index in [-0.39, 0.29) is 11.4 Å². The van der Waals surface area contributed by atoms with E-state index < -0.39 is 23.8 Å². The summed E-state index contributed by atoms with van der Waals surface area (Å²) < 4.78 is 20.5. The molecular formula is C21H14Cl2FNO4. The van der Waals surface area contributed by atoms with Crippen LogP contribution in [-0.4, -0.2) is 17.0 Å². The first-order valence-electron chi connectivity index (χ1n) is 8.35. The molecule has 3 aromatic carbocycles. The maximum Gasteiger partial charge on any atom is 0.394 e. The number of hydrogen-bond donors (Lipinski definition) is 2. The third-order valence-electron chi connectivity index (χ3n) is 3.99. The summed E-state index contributed by atoms with van der Waals surface area (Å²) in [5.41, 5.74) is 1.31. The van der Waals surface area contributed by atoms with Crippen LogP contribution in [0.4, 0.5) is 10.1 Å². The largest absolute Gasteiger partial charge is 0.478 e. The van der Waals surface area contributed by atoms with Crippen LogP contribution in [0.5, 0.6) is 5.75 Å². The fourth-order valence-corrected chi connectivity index (χ4v) is 2.98. The zero-order valence-electron chi connectivity index (χ0n) is 14.7. The molecule has 0 saturated heterocycles. The number of carboxylic acid groups (broad SMARTS) is 1. The molecule has 0 spiro atoms. The lowest BCUT2D eigenvalue weighted by atomic mass is 10.0. The highest BCUT2D eigenvalue weighted by Crippen LogP contribution is 2.34. The number of carboxylic acids is 1. The molecule has 29 heavy (non-hydrogen) atoms. The average Bonchev–Trinajstić information content (AvgIpc) is 2.69. The maximum atomic E-state index is 14.6. The van der Waals surface area contributed by atoms with E-state index in [1.54, 1.807) is 48.5 Å². The Bertz CT molecular complexity index is 1060. The summed E-state index contributed by atoms with van der Waals surface area (Å²) in [7, 11) is 0. The molecule has 0 fully saturated rings. The number of nitrogens with one attached hydrogen (secondary N) is 1. The van der Waals surface area contributed by atoms with Gasteiger partial charge in [0.15, 0.2) is 17.7 Å². The fraction of sp³-hybridized carbons (Fsp3) is 0.0476. The predicted octanol–water partition coefficient (Wildman–Crippen LogP) is 5.32. The van der Waals surface area contributed by atoms with E-state index in [4.69, 9.17) is 33.0 Å². The number of hydrogen-bond acceptors (Lipinski definition) is 3. The van der Waals surface area contributed by atoms with Crippen molar-refractivity contribution < 1.29 is 23.8 Å². The van der Waals surface area contributed by atoms with E-state index in [0.717, 1.165) is 6.07 Å². The van der Waals surface area contributed by atoms with Gasteiger partial charge < -0.3 is 15.2 Å². The van der Waals surface area contributed by atoms with Gasteiger partial charge in [-0.15, -0.1) is 0 Å². The van der Waals surface area contributed by atoms with E-state index in [9.17, 15) is 14.0 Å². The number of ether oxygens (including phenoxy) is 1. The minimum Gasteiger partial charge on any atom is -0.478 e. The van der Waals surface area contributed by atoms with Crippen LogP contribution in [-0.2, 0) is 9.59 Å². The smallest absolute Gasteiger partial charge is 0.394 e. The molecule has 0 aliphatic heterocycles. The Morgan fingerprint density at radius 1 is 1.00 bits per heavy atom. The van der Waals surface area contributed by atoms with Crippen molar-refractivity contribution in [1.29, 1.82) is 0 Å². The zero-order chi connectivity index (χ0) is 21.0. The third kappa shape index (κ3) is 5.04. The standard InChI is InChI=1S/C21H14Cl2FNO4/c22-13-7-5-12(6-8-13)19(15-3-1-2-4-16(15)23)29-18-10-9-14(11-17(18)24)25-20(26)21(27)28/h1-11,19H,(H,25,26)(H,27,28). The number of anilines is 1. The van der Waals surface area contributed by atoms with Gasteiger partial charge in [-0.3, -0.25) is 4.79 Å². The van der Waals surface area contributed by atoms with Crippen LogP contribution in [0.25, 0.3) is 0 Å². The molecule has 5 nitrogen and oxygen atoms in total. The molecule has 0 aromatic heterocycles. The molecule has 1 atom stereocenters. The molecule has 8 heteroatoms. The number of rotatable bonds is 5. The molecule has 0 bridgehead atoms. The first-order chi connectivity index (χ1) is 13.8. The van der Waals surface area contributed by atoms with Crippen molar-refractivity contribution in [2.75, 3.05) is 5.32 Å². The average molecular weight is 434 g/mol. The van der Waals surface area contributed by atoms with Gasteiger partial charge in [0.25, 0.3) is 0 Å². The van der Waals surface area contributed by atoms with Crippen molar-refractivity contribution in [3.05, 3.63) is 93.7 Å². The minimum absolute atomic E-state index is 0.0111. The summed E-state index contributed by atoms with van der Waals surface area (Å²) in [5.74, 6) is -3.82. The van der Waals surface area contributed by atoms with Gasteiger partial charge in [-0.05, 0) is 35.9 Å². The van der Waals surface area contributed by atoms with Crippen LogP contribution in [0, 0.1) is 5.82 Å². The SMILES string of the molecule is O=C(O)C(=O)Nc1ccc(OC(c2ccc(Cl)cc2)c2ccccc2Cl)c(F)c1. The van der Waals surface area contributed by atoms with E-state index in [0.29, 0.717) is 21.2 Å². The molecule has 0 aliphatic carbocycles. The Hall–Kier alpha value is -3.09. The van der Waals surface area contributed by atoms with Crippen molar-refractivity contribution in [1.82, 2.24) is 0 Å². The summed E-state index contributed by atoms with van der Waals surface area (Å²) >= 11 is 12.3. The summed E-state index contributed by atoms with van der Waals surface area (Å²) in [5, 5.41) is 11.7. The Morgan fingerprint density at radius 3 is 2.31 bits per heavy atom. The molecule has 1 amide bonds. The van der Waals surface area contributed by atoms with Crippen molar-refractivity contribution in [2.45, 2.75) is 6.10 Å². The highest BCUT2D eigenvalue weighted by atomic mass is 35.5. The Morgan fingerprint density at radius 2 is 1.69 bits per heavy atom. The molecule has 0 heterocycles. The summed E-state index contributed by atoms with van der Waals surface area (Å²) in [4.78, 5) is 21.8. The van der Waals surface area contributed by atoms with Gasteiger partial charge in [0.05, 0.1) is 0 Å².